The summed E-state index contributed by atoms with van der Waals surface area (Å²) in [5, 5.41) is 24.0. The van der Waals surface area contributed by atoms with Crippen LogP contribution in [-0.4, -0.2) is 34.8 Å². The molecular weight excluding hydrogens is 182 g/mol. The Bertz CT molecular complexity index is 183. The average Bonchev–Trinajstić information content (AvgIpc) is 2.17. The molecule has 2 unspecified atom stereocenters. The van der Waals surface area contributed by atoms with Crippen LogP contribution in [0.15, 0.2) is 5.16 Å². The predicted octanol–water partition coefficient (Wildman–Crippen LogP) is 0.118. The van der Waals surface area contributed by atoms with E-state index in [9.17, 15) is 5.11 Å². The van der Waals surface area contributed by atoms with Gasteiger partial charge in [-0.15, -0.1) is 0 Å². The molecule has 5 nitrogen and oxygen atoms in total. The molecule has 0 aliphatic rings. The van der Waals surface area contributed by atoms with Gasteiger partial charge in [-0.2, -0.15) is 0 Å². The molecule has 84 valence electrons. The van der Waals surface area contributed by atoms with Gasteiger partial charge in [-0.05, 0) is 12.3 Å². The Morgan fingerprint density at radius 2 is 2.07 bits per heavy atom. The molecule has 0 saturated carbocycles. The third kappa shape index (κ3) is 4.43. The predicted molar refractivity (Wildman–Crippen MR) is 56.3 cm³/mol. The maximum Gasteiger partial charge on any atom is 0.156 e. The summed E-state index contributed by atoms with van der Waals surface area (Å²) in [7, 11) is 0. The zero-order valence-corrected chi connectivity index (χ0v) is 9.07. The van der Waals surface area contributed by atoms with Crippen LogP contribution in [0.1, 0.15) is 27.2 Å². The molecule has 0 fully saturated rings. The van der Waals surface area contributed by atoms with Crippen molar-refractivity contribution in [2.45, 2.75) is 39.3 Å². The molecule has 0 radical (unpaired) electrons. The van der Waals surface area contributed by atoms with Gasteiger partial charge in [-0.3, -0.25) is 0 Å². The fourth-order valence-corrected chi connectivity index (χ4v) is 1.03. The number of hydrogen-bond acceptors (Lipinski definition) is 4. The van der Waals surface area contributed by atoms with Crippen LogP contribution >= 0.6 is 0 Å². The fraction of sp³-hybridized carbons (Fsp3) is 0.889. The minimum Gasteiger partial charge on any atom is -0.409 e. The van der Waals surface area contributed by atoms with Crippen LogP contribution in [-0.2, 0) is 0 Å². The maximum atomic E-state index is 9.52. The van der Waals surface area contributed by atoms with Crippen LogP contribution in [0.3, 0.4) is 0 Å². The SMILES string of the molecule is CCC(NCC(O)C(C)C)C(N)=NO. The highest BCUT2D eigenvalue weighted by Gasteiger charge is 2.14. The number of nitrogens with zero attached hydrogens (tertiary/aromatic N) is 1. The van der Waals surface area contributed by atoms with Gasteiger partial charge >= 0.3 is 0 Å². The molecule has 0 saturated heterocycles. The van der Waals surface area contributed by atoms with E-state index in [2.05, 4.69) is 10.5 Å². The third-order valence-corrected chi connectivity index (χ3v) is 2.22. The van der Waals surface area contributed by atoms with Crippen molar-refractivity contribution < 1.29 is 10.3 Å². The van der Waals surface area contributed by atoms with Crippen molar-refractivity contribution >= 4 is 5.84 Å². The van der Waals surface area contributed by atoms with E-state index in [0.717, 1.165) is 6.42 Å². The number of aliphatic hydroxyl groups excluding tert-OH is 1. The van der Waals surface area contributed by atoms with E-state index in [1.54, 1.807) is 0 Å². The summed E-state index contributed by atoms with van der Waals surface area (Å²) in [6.07, 6.45) is 0.316. The van der Waals surface area contributed by atoms with E-state index in [0.29, 0.717) is 6.54 Å². The van der Waals surface area contributed by atoms with Crippen LogP contribution in [0.4, 0.5) is 0 Å². The summed E-state index contributed by atoms with van der Waals surface area (Å²) < 4.78 is 0. The van der Waals surface area contributed by atoms with Gasteiger partial charge in [0, 0.05) is 6.54 Å². The van der Waals surface area contributed by atoms with E-state index in [1.165, 1.54) is 0 Å². The fourth-order valence-electron chi connectivity index (χ4n) is 1.03. The second kappa shape index (κ2) is 6.62. The van der Waals surface area contributed by atoms with Crippen LogP contribution in [0.5, 0.6) is 0 Å². The summed E-state index contributed by atoms with van der Waals surface area (Å²) in [5.41, 5.74) is 5.45. The summed E-state index contributed by atoms with van der Waals surface area (Å²) in [6, 6.07) is -0.173. The summed E-state index contributed by atoms with van der Waals surface area (Å²) in [6.45, 7) is 6.26. The minimum absolute atomic E-state index is 0.156. The number of rotatable bonds is 6. The highest BCUT2D eigenvalue weighted by Crippen LogP contribution is 2.00. The van der Waals surface area contributed by atoms with Crippen molar-refractivity contribution in [3.63, 3.8) is 0 Å². The molecule has 0 rings (SSSR count). The van der Waals surface area contributed by atoms with Crippen molar-refractivity contribution in [3.8, 4) is 0 Å². The normalized spacial score (nSPS) is 17.1. The maximum absolute atomic E-state index is 9.52. The lowest BCUT2D eigenvalue weighted by atomic mass is 10.1. The van der Waals surface area contributed by atoms with Gasteiger partial charge in [0.1, 0.15) is 0 Å². The van der Waals surface area contributed by atoms with E-state index in [1.807, 2.05) is 20.8 Å². The number of nitrogens with one attached hydrogen (secondary N) is 1. The zero-order valence-electron chi connectivity index (χ0n) is 9.07. The molecule has 0 aliphatic carbocycles. The molecule has 2 atom stereocenters. The Hall–Kier alpha value is -0.810. The highest BCUT2D eigenvalue weighted by atomic mass is 16.4. The van der Waals surface area contributed by atoms with Gasteiger partial charge in [0.2, 0.25) is 0 Å². The van der Waals surface area contributed by atoms with Crippen molar-refractivity contribution in [1.82, 2.24) is 5.32 Å². The highest BCUT2D eigenvalue weighted by molar-refractivity contribution is 5.85. The van der Waals surface area contributed by atoms with Gasteiger partial charge < -0.3 is 21.4 Å². The van der Waals surface area contributed by atoms with Gasteiger partial charge in [0.15, 0.2) is 5.84 Å². The first kappa shape index (κ1) is 13.2. The van der Waals surface area contributed by atoms with Crippen molar-refractivity contribution in [1.29, 1.82) is 0 Å². The Kier molecular flexibility index (Phi) is 6.23. The monoisotopic (exact) mass is 203 g/mol. The first-order chi connectivity index (χ1) is 6.52. The van der Waals surface area contributed by atoms with E-state index >= 15 is 0 Å². The van der Waals surface area contributed by atoms with Gasteiger partial charge in [0.25, 0.3) is 0 Å². The molecule has 0 aromatic carbocycles. The molecular formula is C9H21N3O2. The summed E-state index contributed by atoms with van der Waals surface area (Å²) >= 11 is 0. The van der Waals surface area contributed by atoms with Crippen LogP contribution in [0, 0.1) is 5.92 Å². The molecule has 0 aliphatic heterocycles. The van der Waals surface area contributed by atoms with Crippen LogP contribution in [0.25, 0.3) is 0 Å². The van der Waals surface area contributed by atoms with E-state index in [4.69, 9.17) is 10.9 Å². The number of amidine groups is 1. The van der Waals surface area contributed by atoms with E-state index < -0.39 is 6.10 Å². The molecule has 14 heavy (non-hydrogen) atoms. The molecule has 5 heteroatoms. The number of hydrogen-bond donors (Lipinski definition) is 4. The lowest BCUT2D eigenvalue weighted by Crippen LogP contribution is -2.45. The first-order valence-corrected chi connectivity index (χ1v) is 4.91. The van der Waals surface area contributed by atoms with Gasteiger partial charge in [-0.1, -0.05) is 25.9 Å². The zero-order chi connectivity index (χ0) is 11.1. The average molecular weight is 203 g/mol. The molecule has 0 aromatic heterocycles. The Labute approximate surface area is 85.0 Å². The second-order valence-electron chi connectivity index (χ2n) is 3.71. The number of aliphatic hydroxyl groups is 1. The molecule has 0 heterocycles. The van der Waals surface area contributed by atoms with Crippen molar-refractivity contribution in [2.75, 3.05) is 6.54 Å². The smallest absolute Gasteiger partial charge is 0.156 e. The topological polar surface area (TPSA) is 90.9 Å². The second-order valence-corrected chi connectivity index (χ2v) is 3.71. The lowest BCUT2D eigenvalue weighted by Gasteiger charge is -2.20. The van der Waals surface area contributed by atoms with E-state index in [-0.39, 0.29) is 17.8 Å². The third-order valence-electron chi connectivity index (χ3n) is 2.22. The quantitative estimate of drug-likeness (QED) is 0.213. The van der Waals surface area contributed by atoms with Crippen molar-refractivity contribution in [2.24, 2.45) is 16.8 Å². The summed E-state index contributed by atoms with van der Waals surface area (Å²) in [4.78, 5) is 0. The van der Waals surface area contributed by atoms with Crippen LogP contribution in [0.2, 0.25) is 0 Å². The molecule has 0 aromatic rings. The lowest BCUT2D eigenvalue weighted by molar-refractivity contribution is 0.122. The minimum atomic E-state index is -0.407. The molecule has 0 amide bonds. The first-order valence-electron chi connectivity index (χ1n) is 4.91. The number of nitrogens with two attached hydrogens (primary N) is 1. The molecule has 5 N–H and O–H groups in total. The van der Waals surface area contributed by atoms with Gasteiger partial charge in [-0.25, -0.2) is 0 Å². The molecule has 0 spiro atoms. The standard InChI is InChI=1S/C9H21N3O2/c1-4-7(9(10)12-14)11-5-8(13)6(2)3/h6-8,11,13-14H,4-5H2,1-3H3,(H2,10,12). The van der Waals surface area contributed by atoms with Crippen LogP contribution < -0.4 is 11.1 Å². The Morgan fingerprint density at radius 1 is 1.50 bits per heavy atom. The largest absolute Gasteiger partial charge is 0.409 e. The molecule has 0 bridgehead atoms. The summed E-state index contributed by atoms with van der Waals surface area (Å²) in [5.74, 6) is 0.357. The Balaban J connectivity index is 3.96. The number of oxime groups is 1. The van der Waals surface area contributed by atoms with Crippen molar-refractivity contribution in [3.05, 3.63) is 0 Å². The Morgan fingerprint density at radius 3 is 2.43 bits per heavy atom. The van der Waals surface area contributed by atoms with Gasteiger partial charge in [0.05, 0.1) is 12.1 Å².